The van der Waals surface area contributed by atoms with E-state index < -0.39 is 17.9 Å². The van der Waals surface area contributed by atoms with Crippen molar-refractivity contribution >= 4 is 50.6 Å². The predicted octanol–water partition coefficient (Wildman–Crippen LogP) is 0.912. The van der Waals surface area contributed by atoms with Crippen LogP contribution < -0.4 is 15.3 Å². The number of benzene rings is 3. The second kappa shape index (κ2) is 14.3. The molecule has 0 fully saturated rings. The molecule has 43 heavy (non-hydrogen) atoms. The maximum Gasteiger partial charge on any atom is 3.00 e. The fourth-order valence-electron chi connectivity index (χ4n) is 3.74. The Kier molecular flexibility index (Phi) is 10.8. The van der Waals surface area contributed by atoms with E-state index in [4.69, 9.17) is 0 Å². The van der Waals surface area contributed by atoms with E-state index >= 15 is 0 Å². The Balaban J connectivity index is 0.000000175. The van der Waals surface area contributed by atoms with Crippen molar-refractivity contribution in [2.75, 3.05) is 0 Å². The molecule has 0 amide bonds. The summed E-state index contributed by atoms with van der Waals surface area (Å²) >= 11 is 0. The zero-order valence-corrected chi connectivity index (χ0v) is 24.3. The number of hydrogen-bond donors (Lipinski definition) is 3. The van der Waals surface area contributed by atoms with Gasteiger partial charge in [0, 0.05) is 16.2 Å². The first kappa shape index (κ1) is 32.6. The molecule has 0 atom stereocenters. The number of para-hydroxylation sites is 3. The Morgan fingerprint density at radius 2 is 0.698 bits per heavy atom. The molecule has 3 aromatic heterocycles. The van der Waals surface area contributed by atoms with Crippen LogP contribution in [0.1, 0.15) is 31.5 Å². The van der Waals surface area contributed by atoms with E-state index in [1.54, 1.807) is 54.6 Å². The number of aromatic hydroxyl groups is 3. The van der Waals surface area contributed by atoms with Crippen LogP contribution in [0.2, 0.25) is 0 Å². The molecule has 3 N–H and O–H groups in total. The van der Waals surface area contributed by atoms with Crippen LogP contribution in [0.15, 0.2) is 91.0 Å². The van der Waals surface area contributed by atoms with Gasteiger partial charge in [-0.15, -0.1) is 0 Å². The van der Waals surface area contributed by atoms with Crippen LogP contribution in [-0.2, 0) is 0 Å². The first-order valence-corrected chi connectivity index (χ1v) is 12.0. The average molecular weight is 715 g/mol. The van der Waals surface area contributed by atoms with Crippen LogP contribution in [0.25, 0.3) is 32.7 Å². The molecule has 1 radical (unpaired) electrons. The SMILES string of the molecule is O=C([O-])c1ccc2cccc(O)c2n1.O=C([O-])c1ccc2cccc(O)c2n1.O=C([O-])c1ccc2cccc(O)c2n1.[Sm+3]. The Hall–Kier alpha value is -4.96. The van der Waals surface area contributed by atoms with Gasteiger partial charge in [0.2, 0.25) is 0 Å². The van der Waals surface area contributed by atoms with Crippen molar-refractivity contribution in [1.29, 1.82) is 0 Å². The third kappa shape index (κ3) is 7.86. The van der Waals surface area contributed by atoms with Crippen molar-refractivity contribution in [2.24, 2.45) is 0 Å². The zero-order chi connectivity index (χ0) is 30.4. The number of rotatable bonds is 3. The number of carboxylic acids is 3. The summed E-state index contributed by atoms with van der Waals surface area (Å²) in [7, 11) is 0. The van der Waals surface area contributed by atoms with Crippen LogP contribution >= 0.6 is 0 Å². The molecule has 3 aromatic carbocycles. The predicted molar refractivity (Wildman–Crippen MR) is 143 cm³/mol. The third-order valence-electron chi connectivity index (χ3n) is 5.72. The van der Waals surface area contributed by atoms with Crippen LogP contribution in [0.5, 0.6) is 17.2 Å². The number of fused-ring (bicyclic) bond motifs is 3. The molecule has 0 unspecified atom stereocenters. The first-order chi connectivity index (χ1) is 20.0. The van der Waals surface area contributed by atoms with E-state index in [-0.39, 0.29) is 91.3 Å². The Labute approximate surface area is 274 Å². The first-order valence-electron chi connectivity index (χ1n) is 12.0. The minimum absolute atomic E-state index is 0. The topological polar surface area (TPSA) is 220 Å². The van der Waals surface area contributed by atoms with Gasteiger partial charge in [0.15, 0.2) is 0 Å². The number of nitrogens with zero attached hydrogens (tertiary/aromatic N) is 3. The number of aromatic carboxylic acids is 3. The van der Waals surface area contributed by atoms with E-state index in [1.165, 1.54) is 36.4 Å². The number of pyridine rings is 3. The molecule has 3 heterocycles. The summed E-state index contributed by atoms with van der Waals surface area (Å²) in [5.41, 5.74) is 0.273. The molecule has 213 valence electrons. The van der Waals surface area contributed by atoms with Crippen molar-refractivity contribution in [3.8, 4) is 17.2 Å². The summed E-state index contributed by atoms with van der Waals surface area (Å²) in [6.45, 7) is 0. The third-order valence-corrected chi connectivity index (χ3v) is 5.72. The second-order valence-corrected chi connectivity index (χ2v) is 8.50. The van der Waals surface area contributed by atoms with Crippen LogP contribution in [0.4, 0.5) is 0 Å². The van der Waals surface area contributed by atoms with Crippen molar-refractivity contribution in [2.45, 2.75) is 0 Å². The Morgan fingerprint density at radius 1 is 0.442 bits per heavy atom. The Bertz CT molecular complexity index is 1760. The monoisotopic (exact) mass is 716 g/mol. The van der Waals surface area contributed by atoms with Gasteiger partial charge in [-0.2, -0.15) is 0 Å². The number of phenols is 3. The maximum atomic E-state index is 10.5. The van der Waals surface area contributed by atoms with Crippen molar-refractivity contribution in [1.82, 2.24) is 15.0 Å². The van der Waals surface area contributed by atoms with Crippen molar-refractivity contribution in [3.63, 3.8) is 0 Å². The fourth-order valence-corrected chi connectivity index (χ4v) is 3.74. The molecular formula is C30H18N3O9Sm. The molecule has 0 saturated heterocycles. The molecule has 0 aliphatic heterocycles. The van der Waals surface area contributed by atoms with E-state index in [1.807, 2.05) is 0 Å². The second-order valence-electron chi connectivity index (χ2n) is 8.50. The van der Waals surface area contributed by atoms with E-state index in [0.717, 1.165) is 0 Å². The average Bonchev–Trinajstić information content (AvgIpc) is 2.98. The summed E-state index contributed by atoms with van der Waals surface area (Å²) in [6.07, 6.45) is 0. The standard InChI is InChI=1S/3C10H7NO3.Sm/c3*12-8-3-1-2-6-4-5-7(10(13)14)11-9(6)8;/h3*1-5,12H,(H,13,14);/q;;;+3/p-3. The fraction of sp³-hybridized carbons (Fsp3) is 0. The molecule has 0 bridgehead atoms. The van der Waals surface area contributed by atoms with E-state index in [9.17, 15) is 45.0 Å². The summed E-state index contributed by atoms with van der Waals surface area (Å²) in [5, 5.41) is 61.8. The van der Waals surface area contributed by atoms with Gasteiger partial charge < -0.3 is 45.0 Å². The number of hydrogen-bond acceptors (Lipinski definition) is 12. The quantitative estimate of drug-likeness (QED) is 0.233. The summed E-state index contributed by atoms with van der Waals surface area (Å²) in [5.74, 6) is -4.16. The minimum atomic E-state index is -1.35. The molecular weight excluding hydrogens is 697 g/mol. The minimum Gasteiger partial charge on any atom is -0.543 e. The van der Waals surface area contributed by atoms with E-state index in [2.05, 4.69) is 15.0 Å². The number of carboxylic acid groups (broad SMARTS) is 3. The van der Waals surface area contributed by atoms with Gasteiger partial charge in [0.25, 0.3) is 0 Å². The summed E-state index contributed by atoms with van der Waals surface area (Å²) < 4.78 is 0. The number of carbonyl (C=O) groups is 3. The molecule has 6 rings (SSSR count). The molecule has 0 saturated carbocycles. The number of carbonyl (C=O) groups excluding carboxylic acids is 3. The van der Waals surface area contributed by atoms with Gasteiger partial charge in [-0.25, -0.2) is 15.0 Å². The van der Waals surface area contributed by atoms with Gasteiger partial charge in [-0.1, -0.05) is 54.6 Å². The molecule has 0 aliphatic carbocycles. The van der Waals surface area contributed by atoms with Crippen LogP contribution in [0.3, 0.4) is 0 Å². The smallest absolute Gasteiger partial charge is 0.543 e. The molecule has 12 nitrogen and oxygen atoms in total. The molecule has 0 spiro atoms. The molecule has 13 heteroatoms. The van der Waals surface area contributed by atoms with Crippen LogP contribution in [-0.4, -0.2) is 48.2 Å². The summed E-state index contributed by atoms with van der Waals surface area (Å²) in [6, 6.07) is 23.3. The zero-order valence-electron chi connectivity index (χ0n) is 21.7. The summed E-state index contributed by atoms with van der Waals surface area (Å²) in [4.78, 5) is 42.8. The van der Waals surface area contributed by atoms with Crippen LogP contribution in [0, 0.1) is 40.4 Å². The van der Waals surface area contributed by atoms with Gasteiger partial charge in [-0.3, -0.25) is 0 Å². The maximum absolute atomic E-state index is 10.5. The van der Waals surface area contributed by atoms with Gasteiger partial charge in [-0.05, 0) is 36.4 Å². The molecule has 0 aliphatic rings. The van der Waals surface area contributed by atoms with Gasteiger partial charge in [0.05, 0.1) is 35.0 Å². The Morgan fingerprint density at radius 3 is 0.930 bits per heavy atom. The largest absolute Gasteiger partial charge is 3.00 e. The van der Waals surface area contributed by atoms with Gasteiger partial charge >= 0.3 is 40.4 Å². The number of phenolic OH excluding ortho intramolecular Hbond substituents is 3. The van der Waals surface area contributed by atoms with E-state index in [0.29, 0.717) is 16.2 Å². The number of aromatic nitrogens is 3. The van der Waals surface area contributed by atoms with Gasteiger partial charge in [0.1, 0.15) is 33.8 Å². The van der Waals surface area contributed by atoms with Crippen molar-refractivity contribution < 1.29 is 85.4 Å². The van der Waals surface area contributed by atoms with Crippen molar-refractivity contribution in [3.05, 3.63) is 108 Å². The molecule has 6 aromatic rings. The normalized spacial score (nSPS) is 10.0.